The maximum atomic E-state index is 10.3. The van der Waals surface area contributed by atoms with E-state index in [1.54, 1.807) is 0 Å². The smallest absolute Gasteiger partial charge is 0.394 e. The summed E-state index contributed by atoms with van der Waals surface area (Å²) < 4.78 is 36.3. The summed E-state index contributed by atoms with van der Waals surface area (Å²) in [5.74, 6) is 0. The molecule has 0 aromatic carbocycles. The molecule has 0 fully saturated rings. The van der Waals surface area contributed by atoms with E-state index in [-0.39, 0.29) is 6.29 Å². The molecule has 0 rings (SSSR count). The number of aliphatic hydroxyl groups excluding tert-OH is 3. The molecule has 23 heavy (non-hydrogen) atoms. The number of phosphoric acid groups is 3. The molecule has 15 nitrogen and oxygen atoms in total. The summed E-state index contributed by atoms with van der Waals surface area (Å²) in [5.41, 5.74) is 0. The summed E-state index contributed by atoms with van der Waals surface area (Å²) in [6, 6.07) is 0. The first kappa shape index (κ1) is 25.2. The highest BCUT2D eigenvalue weighted by molar-refractivity contribution is 7.60. The fraction of sp³-hybridized carbons (Fsp3) is 0.800. The lowest BCUT2D eigenvalue weighted by molar-refractivity contribution is -0.126. The van der Waals surface area contributed by atoms with Gasteiger partial charge in [0.05, 0.1) is 6.61 Å². The molecule has 0 unspecified atom stereocenters. The molecular weight excluding hydrogens is 395 g/mol. The number of rotatable bonds is 8. The Morgan fingerprint density at radius 3 is 1.43 bits per heavy atom. The summed E-state index contributed by atoms with van der Waals surface area (Å²) in [6.07, 6.45) is -5.58. The number of aliphatic hydroxyl groups is 3. The van der Waals surface area contributed by atoms with Crippen molar-refractivity contribution < 1.29 is 72.0 Å². The summed E-state index contributed by atoms with van der Waals surface area (Å²) in [6.45, 7) is -0.865. The fourth-order valence-corrected chi connectivity index (χ4v) is 2.39. The van der Waals surface area contributed by atoms with Gasteiger partial charge in [-0.1, -0.05) is 0 Å². The molecule has 0 aromatic rings. The first-order chi connectivity index (χ1) is 10.0. The van der Waals surface area contributed by atoms with Crippen molar-refractivity contribution in [2.24, 2.45) is 0 Å². The third-order valence-electron chi connectivity index (χ3n) is 1.52. The van der Waals surface area contributed by atoms with Gasteiger partial charge in [-0.3, -0.25) is 4.52 Å². The van der Waals surface area contributed by atoms with Crippen molar-refractivity contribution in [1.29, 1.82) is 0 Å². The summed E-state index contributed by atoms with van der Waals surface area (Å²) in [7, 11) is -15.0. The molecule has 3 atom stereocenters. The van der Waals surface area contributed by atoms with Crippen LogP contribution >= 0.6 is 23.5 Å². The second kappa shape index (κ2) is 10.0. The van der Waals surface area contributed by atoms with Crippen LogP contribution in [-0.4, -0.2) is 75.9 Å². The summed E-state index contributed by atoms with van der Waals surface area (Å²) in [4.78, 5) is 57.8. The van der Waals surface area contributed by atoms with Gasteiger partial charge in [0.15, 0.2) is 12.4 Å². The van der Waals surface area contributed by atoms with Gasteiger partial charge in [-0.15, -0.1) is 0 Å². The molecule has 0 saturated heterocycles. The Morgan fingerprint density at radius 1 is 0.870 bits per heavy atom. The minimum atomic E-state index is -5.05. The lowest BCUT2D eigenvalue weighted by atomic mass is 10.2. The number of hydrogen-bond donors (Lipinski definition) is 9. The Bertz CT molecular complexity index is 465. The van der Waals surface area contributed by atoms with Crippen molar-refractivity contribution in [3.8, 4) is 0 Å². The highest BCUT2D eigenvalue weighted by Crippen LogP contribution is 2.53. The maximum absolute atomic E-state index is 10.3. The fourth-order valence-electron chi connectivity index (χ4n) is 0.792. The molecule has 18 heteroatoms. The van der Waals surface area contributed by atoms with E-state index in [4.69, 9.17) is 44.7 Å². The first-order valence-electron chi connectivity index (χ1n) is 5.01. The number of aldehydes is 1. The third-order valence-corrected chi connectivity index (χ3v) is 3.74. The van der Waals surface area contributed by atoms with Crippen LogP contribution in [0.25, 0.3) is 0 Å². The first-order valence-corrected chi connectivity index (χ1v) is 9.60. The van der Waals surface area contributed by atoms with Gasteiger partial charge < -0.3 is 49.5 Å². The van der Waals surface area contributed by atoms with Gasteiger partial charge in [0.2, 0.25) is 0 Å². The zero-order valence-corrected chi connectivity index (χ0v) is 13.5. The van der Waals surface area contributed by atoms with E-state index >= 15 is 0 Å². The molecule has 0 aliphatic rings. The van der Waals surface area contributed by atoms with Crippen LogP contribution in [0.5, 0.6) is 0 Å². The number of phosphoric ester groups is 1. The highest BCUT2D eigenvalue weighted by Gasteiger charge is 2.32. The van der Waals surface area contributed by atoms with Crippen LogP contribution in [-0.2, 0) is 27.3 Å². The van der Waals surface area contributed by atoms with Gasteiger partial charge in [-0.2, -0.15) is 4.31 Å². The average Bonchev–Trinajstić information content (AvgIpc) is 2.29. The third kappa shape index (κ3) is 16.6. The zero-order valence-electron chi connectivity index (χ0n) is 10.8. The predicted octanol–water partition coefficient (Wildman–Crippen LogP) is -3.43. The van der Waals surface area contributed by atoms with Crippen molar-refractivity contribution in [2.75, 3.05) is 6.61 Å². The van der Waals surface area contributed by atoms with Gasteiger partial charge in [0, 0.05) is 0 Å². The molecule has 0 radical (unpaired) electrons. The van der Waals surface area contributed by atoms with Crippen LogP contribution < -0.4 is 0 Å². The van der Waals surface area contributed by atoms with Gasteiger partial charge >= 0.3 is 23.5 Å². The molecule has 9 N–H and O–H groups in total. The van der Waals surface area contributed by atoms with E-state index in [0.717, 1.165) is 0 Å². The van der Waals surface area contributed by atoms with E-state index < -0.39 is 48.4 Å². The van der Waals surface area contributed by atoms with Gasteiger partial charge in [-0.05, 0) is 0 Å². The monoisotopic (exact) mass is 410 g/mol. The second-order valence-electron chi connectivity index (χ2n) is 3.50. The normalized spacial score (nSPS) is 16.7. The lowest BCUT2D eigenvalue weighted by Gasteiger charge is -2.21. The Balaban J connectivity index is 0. The molecule has 140 valence electrons. The van der Waals surface area contributed by atoms with Gasteiger partial charge in [-0.25, -0.2) is 13.7 Å². The number of carbonyl (C=O) groups is 1. The van der Waals surface area contributed by atoms with Gasteiger partial charge in [0.25, 0.3) is 0 Å². The van der Waals surface area contributed by atoms with Crippen LogP contribution in [0.4, 0.5) is 0 Å². The van der Waals surface area contributed by atoms with Gasteiger partial charge in [0.1, 0.15) is 12.2 Å². The quantitative estimate of drug-likeness (QED) is 0.139. The lowest BCUT2D eigenvalue weighted by Crippen LogP contribution is -2.41. The van der Waals surface area contributed by atoms with Crippen LogP contribution in [0, 0.1) is 0 Å². The van der Waals surface area contributed by atoms with Crippen molar-refractivity contribution in [1.82, 2.24) is 0 Å². The number of carbonyl (C=O) groups excluding carboxylic acids is 1. The van der Waals surface area contributed by atoms with Crippen LogP contribution in [0.3, 0.4) is 0 Å². The van der Waals surface area contributed by atoms with Crippen molar-refractivity contribution in [2.45, 2.75) is 18.3 Å². The second-order valence-corrected chi connectivity index (χ2v) is 7.31. The SMILES string of the molecule is O=P(O)(O)OP(=O)(O)O.O=[14CH][C@H](OP(=O)(O)O)[C@H](O)[C@H](O)CO. The highest BCUT2D eigenvalue weighted by atomic mass is 31.3. The van der Waals surface area contributed by atoms with Crippen molar-refractivity contribution in [3.63, 3.8) is 0 Å². The van der Waals surface area contributed by atoms with Crippen LogP contribution in [0.15, 0.2) is 0 Å². The van der Waals surface area contributed by atoms with E-state index in [1.165, 1.54) is 0 Å². The number of hydrogen-bond acceptors (Lipinski definition) is 9. The molecule has 0 aliphatic carbocycles. The molecule has 0 heterocycles. The molecule has 0 amide bonds. The van der Waals surface area contributed by atoms with Crippen molar-refractivity contribution in [3.05, 3.63) is 0 Å². The topological polar surface area (TPSA) is 269 Å². The van der Waals surface area contributed by atoms with E-state index in [1.807, 2.05) is 0 Å². The summed E-state index contributed by atoms with van der Waals surface area (Å²) in [5, 5.41) is 26.2. The van der Waals surface area contributed by atoms with E-state index in [9.17, 15) is 18.5 Å². The maximum Gasteiger partial charge on any atom is 0.478 e. The van der Waals surface area contributed by atoms with Crippen molar-refractivity contribution >= 4 is 29.8 Å². The minimum Gasteiger partial charge on any atom is -0.394 e. The van der Waals surface area contributed by atoms with E-state index in [2.05, 4.69) is 8.83 Å². The summed E-state index contributed by atoms with van der Waals surface area (Å²) >= 11 is 0. The Labute approximate surface area is 127 Å². The molecule has 0 spiro atoms. The Morgan fingerprint density at radius 2 is 1.26 bits per heavy atom. The molecule has 0 aromatic heterocycles. The van der Waals surface area contributed by atoms with E-state index in [0.29, 0.717) is 0 Å². The predicted molar refractivity (Wildman–Crippen MR) is 67.3 cm³/mol. The largest absolute Gasteiger partial charge is 0.478 e. The Hall–Kier alpha value is -0.0800. The standard InChI is InChI=1S/C5H11O8P.H4O7P2/c6-1-3(8)5(9)4(2-7)13-14(10,11)12;1-8(2,3)7-9(4,5)6/h2-6,8-9H,1H2,(H2,10,11,12);(H2,1,2,3)(H2,4,5,6)/t3-,4+,5-;/m1./s1/i2+2;. The molecular formula is C5H15O15P3. The van der Waals surface area contributed by atoms with Crippen LogP contribution in [0.1, 0.15) is 0 Å². The van der Waals surface area contributed by atoms with Crippen LogP contribution in [0.2, 0.25) is 0 Å². The molecule has 0 aliphatic heterocycles. The molecule has 0 bridgehead atoms. The molecule has 0 saturated carbocycles. The average molecular weight is 410 g/mol. The minimum absolute atomic E-state index is 0.0807. The zero-order chi connectivity index (χ0) is 19.1. The Kier molecular flexibility index (Phi) is 11.0.